The maximum Gasteiger partial charge on any atom is 0.289 e. The van der Waals surface area contributed by atoms with Crippen LogP contribution >= 0.6 is 0 Å². The summed E-state index contributed by atoms with van der Waals surface area (Å²) in [6.07, 6.45) is 3.13. The van der Waals surface area contributed by atoms with Crippen molar-refractivity contribution in [2.24, 2.45) is 0 Å². The first-order valence-electron chi connectivity index (χ1n) is 8.08. The maximum atomic E-state index is 12.7. The van der Waals surface area contributed by atoms with E-state index in [1.54, 1.807) is 18.2 Å². The van der Waals surface area contributed by atoms with Crippen LogP contribution in [0.15, 0.2) is 33.6 Å². The Balaban J connectivity index is 1.96. The molecule has 0 saturated carbocycles. The average molecular weight is 350 g/mol. The van der Waals surface area contributed by atoms with E-state index in [2.05, 4.69) is 0 Å². The number of carbonyl (C=O) groups excluding carboxylic acids is 1. The van der Waals surface area contributed by atoms with Gasteiger partial charge in [-0.25, -0.2) is 12.7 Å². The lowest BCUT2D eigenvalue weighted by Gasteiger charge is -2.32. The second kappa shape index (κ2) is 6.22. The normalized spacial score (nSPS) is 19.2. The molecule has 1 saturated heterocycles. The lowest BCUT2D eigenvalue weighted by Crippen LogP contribution is -2.41. The van der Waals surface area contributed by atoms with Crippen LogP contribution in [0.3, 0.4) is 0 Å². The number of nitrogens with zero attached hydrogens (tertiary/aromatic N) is 2. The zero-order valence-corrected chi connectivity index (χ0v) is 15.0. The molecule has 0 radical (unpaired) electrons. The van der Waals surface area contributed by atoms with Crippen LogP contribution < -0.4 is 0 Å². The Labute approximate surface area is 142 Å². The zero-order chi connectivity index (χ0) is 17.5. The summed E-state index contributed by atoms with van der Waals surface area (Å²) in [5.41, 5.74) is 0.515. The van der Waals surface area contributed by atoms with E-state index in [9.17, 15) is 13.2 Å². The highest BCUT2D eigenvalue weighted by Gasteiger charge is 2.27. The van der Waals surface area contributed by atoms with E-state index >= 15 is 0 Å². The number of furan rings is 1. The SMILES string of the molecule is CC1CCCCN1C(=O)c1cc2cc(S(=O)(=O)N(C)C)ccc2o1. The summed E-state index contributed by atoms with van der Waals surface area (Å²) in [5.74, 6) is 0.133. The molecule has 1 aliphatic heterocycles. The van der Waals surface area contributed by atoms with E-state index in [0.717, 1.165) is 30.1 Å². The molecule has 1 aromatic carbocycles. The van der Waals surface area contributed by atoms with Crippen molar-refractivity contribution in [3.8, 4) is 0 Å². The number of fused-ring (bicyclic) bond motifs is 1. The highest BCUT2D eigenvalue weighted by molar-refractivity contribution is 7.89. The second-order valence-electron chi connectivity index (χ2n) is 6.44. The van der Waals surface area contributed by atoms with E-state index in [1.165, 1.54) is 20.2 Å². The van der Waals surface area contributed by atoms with Crippen molar-refractivity contribution in [1.29, 1.82) is 0 Å². The van der Waals surface area contributed by atoms with Crippen molar-refractivity contribution in [2.45, 2.75) is 37.1 Å². The zero-order valence-electron chi connectivity index (χ0n) is 14.2. The molecule has 0 bridgehead atoms. The average Bonchev–Trinajstić information content (AvgIpc) is 2.97. The molecule has 1 amide bonds. The molecule has 1 fully saturated rings. The first kappa shape index (κ1) is 17.0. The van der Waals surface area contributed by atoms with Gasteiger partial charge in [0.2, 0.25) is 10.0 Å². The first-order valence-corrected chi connectivity index (χ1v) is 9.52. The summed E-state index contributed by atoms with van der Waals surface area (Å²) in [7, 11) is -0.537. The third-order valence-electron chi connectivity index (χ3n) is 4.54. The van der Waals surface area contributed by atoms with Crippen LogP contribution in [0.1, 0.15) is 36.7 Å². The van der Waals surface area contributed by atoms with Gasteiger partial charge in [0.25, 0.3) is 5.91 Å². The summed E-state index contributed by atoms with van der Waals surface area (Å²) in [5, 5.41) is 0.617. The molecule has 24 heavy (non-hydrogen) atoms. The Bertz CT molecular complexity index is 870. The van der Waals surface area contributed by atoms with Gasteiger partial charge >= 0.3 is 0 Å². The molecular weight excluding hydrogens is 328 g/mol. The molecule has 0 aliphatic carbocycles. The van der Waals surface area contributed by atoms with Crippen molar-refractivity contribution in [1.82, 2.24) is 9.21 Å². The summed E-state index contributed by atoms with van der Waals surface area (Å²) >= 11 is 0. The van der Waals surface area contributed by atoms with Crippen molar-refractivity contribution in [3.63, 3.8) is 0 Å². The largest absolute Gasteiger partial charge is 0.451 e. The van der Waals surface area contributed by atoms with Crippen LogP contribution in [0.4, 0.5) is 0 Å². The van der Waals surface area contributed by atoms with Gasteiger partial charge < -0.3 is 9.32 Å². The molecule has 130 valence electrons. The second-order valence-corrected chi connectivity index (χ2v) is 8.59. The molecule has 1 aliphatic rings. The van der Waals surface area contributed by atoms with Gasteiger partial charge in [-0.15, -0.1) is 0 Å². The molecule has 7 heteroatoms. The minimum Gasteiger partial charge on any atom is -0.451 e. The van der Waals surface area contributed by atoms with E-state index in [4.69, 9.17) is 4.42 Å². The third-order valence-corrected chi connectivity index (χ3v) is 6.35. The fourth-order valence-electron chi connectivity index (χ4n) is 3.04. The number of rotatable bonds is 3. The fraction of sp³-hybridized carbons (Fsp3) is 0.471. The Hall–Kier alpha value is -1.86. The third kappa shape index (κ3) is 2.93. The van der Waals surface area contributed by atoms with Crippen molar-refractivity contribution in [3.05, 3.63) is 30.0 Å². The standard InChI is InChI=1S/C17H22N2O4S/c1-12-6-4-5-9-19(12)17(20)16-11-13-10-14(7-8-15(13)23-16)24(21,22)18(2)3/h7-8,10-12H,4-6,9H2,1-3H3. The monoisotopic (exact) mass is 350 g/mol. The van der Waals surface area contributed by atoms with E-state index in [0.29, 0.717) is 11.0 Å². The minimum atomic E-state index is -3.51. The fourth-order valence-corrected chi connectivity index (χ4v) is 3.98. The molecule has 3 rings (SSSR count). The van der Waals surface area contributed by atoms with Gasteiger partial charge in [-0.05, 0) is 50.5 Å². The van der Waals surface area contributed by atoms with E-state index in [-0.39, 0.29) is 22.6 Å². The van der Waals surface area contributed by atoms with Crippen molar-refractivity contribution >= 4 is 26.9 Å². The molecule has 2 heterocycles. The Kier molecular flexibility index (Phi) is 4.40. The summed E-state index contributed by atoms with van der Waals surface area (Å²) in [6.45, 7) is 2.78. The maximum absolute atomic E-state index is 12.7. The smallest absolute Gasteiger partial charge is 0.289 e. The predicted octanol–water partition coefficient (Wildman–Crippen LogP) is 2.70. The number of amides is 1. The molecule has 0 spiro atoms. The molecule has 6 nitrogen and oxygen atoms in total. The number of hydrogen-bond donors (Lipinski definition) is 0. The first-order chi connectivity index (χ1) is 11.3. The van der Waals surface area contributed by atoms with Gasteiger partial charge in [-0.3, -0.25) is 4.79 Å². The molecule has 1 unspecified atom stereocenters. The van der Waals surface area contributed by atoms with Gasteiger partial charge in [0, 0.05) is 32.1 Å². The van der Waals surface area contributed by atoms with Crippen LogP contribution in [0.5, 0.6) is 0 Å². The summed E-state index contributed by atoms with van der Waals surface area (Å²) in [6, 6.07) is 6.48. The van der Waals surface area contributed by atoms with Crippen LogP contribution in [0.2, 0.25) is 0 Å². The lowest BCUT2D eigenvalue weighted by molar-refractivity contribution is 0.0605. The number of carbonyl (C=O) groups is 1. The number of benzene rings is 1. The van der Waals surface area contributed by atoms with Crippen LogP contribution in [-0.2, 0) is 10.0 Å². The number of hydrogen-bond acceptors (Lipinski definition) is 4. The quantitative estimate of drug-likeness (QED) is 0.853. The van der Waals surface area contributed by atoms with Gasteiger partial charge in [-0.2, -0.15) is 0 Å². The minimum absolute atomic E-state index is 0.129. The highest BCUT2D eigenvalue weighted by atomic mass is 32.2. The van der Waals surface area contributed by atoms with Crippen LogP contribution in [-0.4, -0.2) is 50.2 Å². The number of piperidine rings is 1. The number of sulfonamides is 1. The topological polar surface area (TPSA) is 70.8 Å². The van der Waals surface area contributed by atoms with Gasteiger partial charge in [0.1, 0.15) is 5.58 Å². The highest BCUT2D eigenvalue weighted by Crippen LogP contribution is 2.26. The predicted molar refractivity (Wildman–Crippen MR) is 91.4 cm³/mol. The van der Waals surface area contributed by atoms with Gasteiger partial charge in [0.05, 0.1) is 4.90 Å². The number of likely N-dealkylation sites (tertiary alicyclic amines) is 1. The molecular formula is C17H22N2O4S. The lowest BCUT2D eigenvalue weighted by atomic mass is 10.0. The Morgan fingerprint density at radius 3 is 2.67 bits per heavy atom. The van der Waals surface area contributed by atoms with E-state index in [1.807, 2.05) is 11.8 Å². The van der Waals surface area contributed by atoms with Gasteiger partial charge in [0.15, 0.2) is 5.76 Å². The Morgan fingerprint density at radius 2 is 2.00 bits per heavy atom. The summed E-state index contributed by atoms with van der Waals surface area (Å²) in [4.78, 5) is 14.7. The van der Waals surface area contributed by atoms with E-state index < -0.39 is 10.0 Å². The summed E-state index contributed by atoms with van der Waals surface area (Å²) < 4.78 is 31.3. The molecule has 1 atom stereocenters. The van der Waals surface area contributed by atoms with Crippen molar-refractivity contribution < 1.29 is 17.6 Å². The van der Waals surface area contributed by atoms with Crippen LogP contribution in [0.25, 0.3) is 11.0 Å². The van der Waals surface area contributed by atoms with Crippen LogP contribution in [0, 0.1) is 0 Å². The molecule has 2 aromatic rings. The van der Waals surface area contributed by atoms with Crippen molar-refractivity contribution in [2.75, 3.05) is 20.6 Å². The van der Waals surface area contributed by atoms with Gasteiger partial charge in [-0.1, -0.05) is 0 Å². The Morgan fingerprint density at radius 1 is 1.25 bits per heavy atom. The molecule has 0 N–H and O–H groups in total. The molecule has 1 aromatic heterocycles.